The summed E-state index contributed by atoms with van der Waals surface area (Å²) in [5, 5.41) is 0.896. The third-order valence-electron chi connectivity index (χ3n) is 2.80. The van der Waals surface area contributed by atoms with Crippen LogP contribution < -0.4 is 134 Å². The zero-order valence-electron chi connectivity index (χ0n) is 18.8. The number of benzene rings is 2. The zero-order chi connectivity index (χ0) is 14.4. The molecule has 9 heteroatoms. The molecule has 0 amide bonds. The van der Waals surface area contributed by atoms with E-state index in [0.29, 0.717) is 16.4 Å². The molecule has 0 bridgehead atoms. The molecule has 0 fully saturated rings. The number of hydrogen-bond donors (Lipinski definition) is 0. The van der Waals surface area contributed by atoms with Crippen LogP contribution in [0.25, 0.3) is 12.2 Å². The van der Waals surface area contributed by atoms with Gasteiger partial charge in [0, 0.05) is 0 Å². The van der Waals surface area contributed by atoms with E-state index in [4.69, 9.17) is 4.74 Å². The molecule has 0 heterocycles. The minimum Gasteiger partial charge on any atom is -1.00 e. The molecular weight excluding hydrogens is 382 g/mol. The molecule has 0 radical (unpaired) electrons. The predicted molar refractivity (Wildman–Crippen MR) is 87.3 cm³/mol. The van der Waals surface area contributed by atoms with Crippen LogP contribution in [0, 0.1) is 0 Å². The fraction of sp³-hybridized carbons (Fsp3) is 0.0667. The van der Waals surface area contributed by atoms with E-state index in [0.717, 1.165) is 11.1 Å². The Kier molecular flexibility index (Phi) is 22.3. The van der Waals surface area contributed by atoms with Crippen molar-refractivity contribution in [1.82, 2.24) is 0 Å². The van der Waals surface area contributed by atoms with Gasteiger partial charge in [-0.05, 0) is 17.2 Å². The van der Waals surface area contributed by atoms with Crippen molar-refractivity contribution in [3.05, 3.63) is 53.6 Å². The number of rotatable bonds is 5. The number of hydrogen-bond acceptors (Lipinski definition) is 3. The van der Waals surface area contributed by atoms with Crippen molar-refractivity contribution in [3.8, 4) is 5.75 Å². The van der Waals surface area contributed by atoms with Crippen LogP contribution >= 0.6 is 16.9 Å². The maximum Gasteiger partial charge on any atom is 1.00 e. The van der Waals surface area contributed by atoms with Crippen molar-refractivity contribution in [2.45, 2.75) is 0 Å². The molecule has 3 nitrogen and oxygen atoms in total. The van der Waals surface area contributed by atoms with Gasteiger partial charge in [-0.1, -0.05) is 48.6 Å². The first kappa shape index (κ1) is 30.9. The molecule has 0 atom stereocenters. The van der Waals surface area contributed by atoms with Crippen LogP contribution in [-0.4, -0.2) is 7.11 Å². The quantitative estimate of drug-likeness (QED) is 0.286. The van der Waals surface area contributed by atoms with Crippen LogP contribution in [0.3, 0.4) is 0 Å². The van der Waals surface area contributed by atoms with Gasteiger partial charge in [0.15, 0.2) is 16.9 Å². The van der Waals surface area contributed by atoms with Gasteiger partial charge in [0.05, 0.1) is 12.4 Å². The van der Waals surface area contributed by atoms with E-state index in [1.807, 2.05) is 42.5 Å². The second-order valence-corrected chi connectivity index (χ2v) is 5.24. The summed E-state index contributed by atoms with van der Waals surface area (Å²) in [6.07, 6.45) is 3.77. The van der Waals surface area contributed by atoms with Crippen LogP contribution in [0.1, 0.15) is 16.8 Å². The molecule has 0 aliphatic rings. The van der Waals surface area contributed by atoms with Gasteiger partial charge in [0.1, 0.15) is 11.1 Å². The Morgan fingerprint density at radius 3 is 1.92 bits per heavy atom. The second kappa shape index (κ2) is 17.3. The molecule has 0 N–H and O–H groups in total. The molecule has 0 unspecified atom stereocenters. The summed E-state index contributed by atoms with van der Waals surface area (Å²) in [5.41, 5.74) is 1.79. The van der Waals surface area contributed by atoms with Gasteiger partial charge in [-0.3, -0.25) is 9.13 Å². The van der Waals surface area contributed by atoms with Crippen LogP contribution in [0.5, 0.6) is 5.75 Å². The van der Waals surface area contributed by atoms with Gasteiger partial charge < -0.3 is 10.4 Å². The van der Waals surface area contributed by atoms with Crippen LogP contribution in [-0.2, 0) is 9.13 Å². The summed E-state index contributed by atoms with van der Waals surface area (Å²) in [5.74, 6) is 0.469. The molecule has 24 heavy (non-hydrogen) atoms. The second-order valence-electron chi connectivity index (χ2n) is 3.98. The van der Waals surface area contributed by atoms with Crippen molar-refractivity contribution >= 4 is 39.7 Å². The SMILES string of the molecule is COc1ccc(/C=C\c2ccccc2)c(P=O)c1P=O.[H-].[H-].[H-].[H-].[Na+].[Na+].[Na+].[Na+]. The third kappa shape index (κ3) is 8.91. The first-order valence-corrected chi connectivity index (χ1v) is 7.53. The van der Waals surface area contributed by atoms with Gasteiger partial charge in [0.25, 0.3) is 0 Å². The Morgan fingerprint density at radius 2 is 1.42 bits per heavy atom. The van der Waals surface area contributed by atoms with Gasteiger partial charge in [-0.15, -0.1) is 0 Å². The first-order chi connectivity index (χ1) is 9.80. The molecule has 0 saturated carbocycles. The molecule has 2 aromatic rings. The maximum atomic E-state index is 11.4. The monoisotopic (exact) mass is 398 g/mol. The predicted octanol–water partition coefficient (Wildman–Crippen LogP) is -7.83. The molecule has 0 aliphatic carbocycles. The summed E-state index contributed by atoms with van der Waals surface area (Å²) in [4.78, 5) is 0. The van der Waals surface area contributed by atoms with Gasteiger partial charge >= 0.3 is 118 Å². The van der Waals surface area contributed by atoms with Crippen molar-refractivity contribution in [1.29, 1.82) is 0 Å². The summed E-state index contributed by atoms with van der Waals surface area (Å²) in [6.45, 7) is 0. The molecule has 108 valence electrons. The Balaban J connectivity index is -0.000000110. The Labute approximate surface area is 240 Å². The van der Waals surface area contributed by atoms with Crippen molar-refractivity contribution in [2.75, 3.05) is 7.11 Å². The van der Waals surface area contributed by atoms with Crippen molar-refractivity contribution in [3.63, 3.8) is 0 Å². The topological polar surface area (TPSA) is 43.4 Å². The van der Waals surface area contributed by atoms with Gasteiger partial charge in [-0.2, -0.15) is 0 Å². The zero-order valence-corrected chi connectivity index (χ0v) is 24.6. The van der Waals surface area contributed by atoms with E-state index < -0.39 is 0 Å². The normalized spacial score (nSPS) is 9.38. The fourth-order valence-electron chi connectivity index (χ4n) is 1.81. The summed E-state index contributed by atoms with van der Waals surface area (Å²) < 4.78 is 27.7. The van der Waals surface area contributed by atoms with E-state index in [-0.39, 0.29) is 141 Å². The smallest absolute Gasteiger partial charge is 1.00 e. The molecule has 0 saturated heterocycles. The molecule has 2 aromatic carbocycles. The Hall–Kier alpha value is 2.18. The van der Waals surface area contributed by atoms with E-state index in [9.17, 15) is 9.13 Å². The van der Waals surface area contributed by atoms with Crippen molar-refractivity contribution in [2.24, 2.45) is 0 Å². The van der Waals surface area contributed by atoms with Gasteiger partial charge in [-0.25, -0.2) is 0 Å². The summed E-state index contributed by atoms with van der Waals surface area (Å²) >= 11 is 0. The molecule has 0 spiro atoms. The molecule has 0 aliphatic heterocycles. The standard InChI is InChI=1S/C15H12O3P2.4Na.4H/c1-18-13-10-9-12(14(19-16)15(13)20-17)8-7-11-5-3-2-4-6-11;;;;;;;;/h2-10H,1H3;;;;;;;;/q;4*+1;4*-1/b8-7-;;;;;;;;. The average Bonchev–Trinajstić information content (AvgIpc) is 2.52. The van der Waals surface area contributed by atoms with E-state index in [1.165, 1.54) is 7.11 Å². The van der Waals surface area contributed by atoms with Crippen LogP contribution in [0.15, 0.2) is 42.5 Å². The molecule has 2 rings (SSSR count). The summed E-state index contributed by atoms with van der Waals surface area (Å²) in [6, 6.07) is 13.3. The number of ether oxygens (including phenoxy) is 1. The largest absolute Gasteiger partial charge is 1.00 e. The Morgan fingerprint density at radius 1 is 0.833 bits per heavy atom. The molecule has 0 aromatic heterocycles. The molecular formula is C15H16Na4O3P2. The third-order valence-corrected chi connectivity index (χ3v) is 4.27. The number of methoxy groups -OCH3 is 1. The van der Waals surface area contributed by atoms with Crippen LogP contribution in [0.2, 0.25) is 0 Å². The van der Waals surface area contributed by atoms with E-state index in [2.05, 4.69) is 0 Å². The maximum absolute atomic E-state index is 11.4. The van der Waals surface area contributed by atoms with Gasteiger partial charge in [0.2, 0.25) is 0 Å². The minimum absolute atomic E-state index is 0. The first-order valence-electron chi connectivity index (χ1n) is 5.91. The van der Waals surface area contributed by atoms with E-state index >= 15 is 0 Å². The average molecular weight is 398 g/mol. The van der Waals surface area contributed by atoms with E-state index in [1.54, 1.807) is 12.1 Å². The van der Waals surface area contributed by atoms with Crippen LogP contribution in [0.4, 0.5) is 0 Å². The van der Waals surface area contributed by atoms with Crippen molar-refractivity contribution < 1.29 is 138 Å². The fourth-order valence-corrected chi connectivity index (χ4v) is 2.98. The summed E-state index contributed by atoms with van der Waals surface area (Å²) in [7, 11) is 1.11. The minimum atomic E-state index is -0.208. The Bertz CT molecular complexity index is 684.